The van der Waals surface area contributed by atoms with E-state index >= 15 is 0 Å². The van der Waals surface area contributed by atoms with Gasteiger partial charge in [-0.2, -0.15) is 0 Å². The Morgan fingerprint density at radius 3 is 2.55 bits per heavy atom. The van der Waals surface area contributed by atoms with Gasteiger partial charge in [-0.25, -0.2) is 13.1 Å². The third kappa shape index (κ3) is 3.59. The minimum absolute atomic E-state index is 0.168. The molecule has 2 N–H and O–H groups in total. The maximum atomic E-state index is 12.2. The standard InChI is InChI=1S/C13H14ClNO3S2/c1-9(11-2-4-12(14)5-3-11)15-20(17,18)13-6-10(7-16)8-19-13/h2-6,8-9,15-16H,7H2,1H3. The van der Waals surface area contributed by atoms with E-state index in [2.05, 4.69) is 4.72 Å². The zero-order valence-corrected chi connectivity index (χ0v) is 13.1. The van der Waals surface area contributed by atoms with Crippen LogP contribution in [-0.4, -0.2) is 13.5 Å². The summed E-state index contributed by atoms with van der Waals surface area (Å²) in [6.07, 6.45) is 0. The highest BCUT2D eigenvalue weighted by molar-refractivity contribution is 7.91. The van der Waals surface area contributed by atoms with Crippen LogP contribution in [0, 0.1) is 0 Å². The Balaban J connectivity index is 2.17. The molecular formula is C13H14ClNO3S2. The van der Waals surface area contributed by atoms with Crippen molar-refractivity contribution in [1.29, 1.82) is 0 Å². The van der Waals surface area contributed by atoms with E-state index in [1.54, 1.807) is 36.6 Å². The van der Waals surface area contributed by atoms with Crippen LogP contribution in [0.1, 0.15) is 24.1 Å². The van der Waals surface area contributed by atoms with Gasteiger partial charge in [-0.15, -0.1) is 11.3 Å². The number of hydrogen-bond donors (Lipinski definition) is 2. The maximum Gasteiger partial charge on any atom is 0.250 e. The van der Waals surface area contributed by atoms with Crippen molar-refractivity contribution in [3.63, 3.8) is 0 Å². The van der Waals surface area contributed by atoms with Crippen molar-refractivity contribution >= 4 is 33.0 Å². The second-order valence-corrected chi connectivity index (χ2v) is 7.62. The highest BCUT2D eigenvalue weighted by Gasteiger charge is 2.20. The van der Waals surface area contributed by atoms with Crippen LogP contribution in [0.2, 0.25) is 5.02 Å². The lowest BCUT2D eigenvalue weighted by Gasteiger charge is -2.13. The molecule has 0 bridgehead atoms. The molecule has 0 aliphatic carbocycles. The van der Waals surface area contributed by atoms with Crippen LogP contribution in [0.4, 0.5) is 0 Å². The largest absolute Gasteiger partial charge is 0.392 e. The molecule has 0 saturated carbocycles. The molecule has 0 fully saturated rings. The first kappa shape index (κ1) is 15.5. The van der Waals surface area contributed by atoms with Crippen molar-refractivity contribution in [1.82, 2.24) is 4.72 Å². The molecule has 7 heteroatoms. The molecule has 0 saturated heterocycles. The molecule has 0 radical (unpaired) electrons. The SMILES string of the molecule is CC(NS(=O)(=O)c1cc(CO)cs1)c1ccc(Cl)cc1. The van der Waals surface area contributed by atoms with Crippen molar-refractivity contribution in [2.45, 2.75) is 23.8 Å². The fourth-order valence-electron chi connectivity index (χ4n) is 1.69. The monoisotopic (exact) mass is 331 g/mol. The molecule has 108 valence electrons. The number of hydrogen-bond acceptors (Lipinski definition) is 4. The molecule has 2 rings (SSSR count). The van der Waals surface area contributed by atoms with E-state index < -0.39 is 10.0 Å². The van der Waals surface area contributed by atoms with Crippen LogP contribution >= 0.6 is 22.9 Å². The second kappa shape index (κ2) is 6.24. The summed E-state index contributed by atoms with van der Waals surface area (Å²) in [5.41, 5.74) is 1.42. The summed E-state index contributed by atoms with van der Waals surface area (Å²) in [5, 5.41) is 11.2. The van der Waals surface area contributed by atoms with E-state index in [-0.39, 0.29) is 16.9 Å². The molecule has 4 nitrogen and oxygen atoms in total. The molecule has 1 heterocycles. The summed E-state index contributed by atoms with van der Waals surface area (Å²) in [4.78, 5) is 0. The Hall–Kier alpha value is -0.920. The Morgan fingerprint density at radius 1 is 1.35 bits per heavy atom. The molecule has 0 aliphatic rings. The Labute approximate surface area is 127 Å². The number of benzene rings is 1. The van der Waals surface area contributed by atoms with Gasteiger partial charge in [-0.3, -0.25) is 0 Å². The molecule has 0 spiro atoms. The molecular weight excluding hydrogens is 318 g/mol. The number of halogens is 1. The number of rotatable bonds is 5. The highest BCUT2D eigenvalue weighted by Crippen LogP contribution is 2.23. The van der Waals surface area contributed by atoms with Crippen LogP contribution in [0.3, 0.4) is 0 Å². The topological polar surface area (TPSA) is 66.4 Å². The van der Waals surface area contributed by atoms with E-state index in [4.69, 9.17) is 16.7 Å². The van der Waals surface area contributed by atoms with E-state index in [0.29, 0.717) is 10.6 Å². The Morgan fingerprint density at radius 2 is 2.00 bits per heavy atom. The van der Waals surface area contributed by atoms with E-state index in [9.17, 15) is 8.42 Å². The summed E-state index contributed by atoms with van der Waals surface area (Å²) >= 11 is 6.89. The number of aliphatic hydroxyl groups is 1. The van der Waals surface area contributed by atoms with Gasteiger partial charge >= 0.3 is 0 Å². The van der Waals surface area contributed by atoms with Crippen LogP contribution in [0.25, 0.3) is 0 Å². The lowest BCUT2D eigenvalue weighted by molar-refractivity contribution is 0.282. The van der Waals surface area contributed by atoms with Gasteiger partial charge < -0.3 is 5.11 Å². The molecule has 2 aromatic rings. The zero-order chi connectivity index (χ0) is 14.8. The van der Waals surface area contributed by atoms with Gasteiger partial charge in [0.25, 0.3) is 10.0 Å². The molecule has 1 aromatic heterocycles. The van der Waals surface area contributed by atoms with Gasteiger partial charge in [0.05, 0.1) is 6.61 Å². The molecule has 20 heavy (non-hydrogen) atoms. The Bertz CT molecular complexity index is 680. The van der Waals surface area contributed by atoms with Crippen molar-refractivity contribution in [2.75, 3.05) is 0 Å². The molecule has 0 aliphatic heterocycles. The van der Waals surface area contributed by atoms with Crippen molar-refractivity contribution in [2.24, 2.45) is 0 Å². The Kier molecular flexibility index (Phi) is 4.82. The minimum Gasteiger partial charge on any atom is -0.392 e. The third-order valence-electron chi connectivity index (χ3n) is 2.78. The predicted molar refractivity (Wildman–Crippen MR) is 80.4 cm³/mol. The molecule has 0 amide bonds. The lowest BCUT2D eigenvalue weighted by Crippen LogP contribution is -2.26. The van der Waals surface area contributed by atoms with Crippen LogP contribution in [0.15, 0.2) is 39.9 Å². The van der Waals surface area contributed by atoms with E-state index in [1.807, 2.05) is 0 Å². The van der Waals surface area contributed by atoms with Crippen LogP contribution < -0.4 is 4.72 Å². The lowest BCUT2D eigenvalue weighted by atomic mass is 10.1. The summed E-state index contributed by atoms with van der Waals surface area (Å²) < 4.78 is 27.2. The summed E-state index contributed by atoms with van der Waals surface area (Å²) in [6, 6.07) is 8.11. The van der Waals surface area contributed by atoms with E-state index in [1.165, 1.54) is 6.07 Å². The summed E-state index contributed by atoms with van der Waals surface area (Å²) in [6.45, 7) is 1.60. The van der Waals surface area contributed by atoms with Crippen LogP contribution in [-0.2, 0) is 16.6 Å². The van der Waals surface area contributed by atoms with Crippen molar-refractivity contribution in [3.05, 3.63) is 51.9 Å². The highest BCUT2D eigenvalue weighted by atomic mass is 35.5. The first-order chi connectivity index (χ1) is 9.42. The van der Waals surface area contributed by atoms with Gasteiger partial charge in [0.15, 0.2) is 0 Å². The van der Waals surface area contributed by atoms with Gasteiger partial charge in [0.1, 0.15) is 4.21 Å². The van der Waals surface area contributed by atoms with Gasteiger partial charge in [-0.1, -0.05) is 23.7 Å². The smallest absolute Gasteiger partial charge is 0.250 e. The first-order valence-corrected chi connectivity index (χ1v) is 8.62. The van der Waals surface area contributed by atoms with Gasteiger partial charge in [0.2, 0.25) is 0 Å². The van der Waals surface area contributed by atoms with Gasteiger partial charge in [-0.05, 0) is 41.6 Å². The summed E-state index contributed by atoms with van der Waals surface area (Å²) in [5.74, 6) is 0. The number of aliphatic hydroxyl groups excluding tert-OH is 1. The predicted octanol–water partition coefficient (Wildman–Crippen LogP) is 2.93. The second-order valence-electron chi connectivity index (χ2n) is 4.33. The number of nitrogens with one attached hydrogen (secondary N) is 1. The fraction of sp³-hybridized carbons (Fsp3) is 0.231. The average molecular weight is 332 g/mol. The average Bonchev–Trinajstić information content (AvgIpc) is 2.88. The van der Waals surface area contributed by atoms with E-state index in [0.717, 1.165) is 16.9 Å². The number of thiophene rings is 1. The summed E-state index contributed by atoms with van der Waals surface area (Å²) in [7, 11) is -3.58. The van der Waals surface area contributed by atoms with Gasteiger partial charge in [0, 0.05) is 11.1 Å². The quantitative estimate of drug-likeness (QED) is 0.885. The molecule has 1 unspecified atom stereocenters. The normalized spacial score (nSPS) is 13.3. The molecule has 1 atom stereocenters. The van der Waals surface area contributed by atoms with Crippen LogP contribution in [0.5, 0.6) is 0 Å². The van der Waals surface area contributed by atoms with Crippen molar-refractivity contribution in [3.8, 4) is 0 Å². The number of sulfonamides is 1. The zero-order valence-electron chi connectivity index (χ0n) is 10.7. The fourth-order valence-corrected chi connectivity index (χ4v) is 4.26. The third-order valence-corrected chi connectivity index (χ3v) is 6.06. The first-order valence-electron chi connectivity index (χ1n) is 5.88. The maximum absolute atomic E-state index is 12.2. The molecule has 1 aromatic carbocycles. The minimum atomic E-state index is -3.58. The van der Waals surface area contributed by atoms with Crippen molar-refractivity contribution < 1.29 is 13.5 Å².